The average Bonchev–Trinajstić information content (AvgIpc) is 3.04. The number of phenolic OH excluding ortho intramolecular Hbond substituents is 1. The van der Waals surface area contributed by atoms with Crippen molar-refractivity contribution in [2.24, 2.45) is 4.99 Å². The van der Waals surface area contributed by atoms with E-state index in [2.05, 4.69) is 9.98 Å². The van der Waals surface area contributed by atoms with E-state index in [1.807, 2.05) is 6.07 Å². The molecule has 0 spiro atoms. The van der Waals surface area contributed by atoms with E-state index in [-0.39, 0.29) is 11.6 Å². The van der Waals surface area contributed by atoms with Crippen molar-refractivity contribution < 1.29 is 13.9 Å². The molecule has 0 fully saturated rings. The van der Waals surface area contributed by atoms with Gasteiger partial charge in [-0.05, 0) is 48.5 Å². The minimum absolute atomic E-state index is 0.169. The van der Waals surface area contributed by atoms with Crippen LogP contribution in [0.1, 0.15) is 5.56 Å². The van der Waals surface area contributed by atoms with Gasteiger partial charge in [0.25, 0.3) is 0 Å². The Kier molecular flexibility index (Phi) is 3.74. The number of fused-ring (bicyclic) bond motifs is 1. The third-order valence-electron chi connectivity index (χ3n) is 3.73. The SMILES string of the molecule is Oc1ccccc1C=Nc1ccc2oc(-c3cccc(F)c3)nc2c1. The molecule has 4 aromatic rings. The molecule has 0 unspecified atom stereocenters. The van der Waals surface area contributed by atoms with Crippen LogP contribution in [0.2, 0.25) is 0 Å². The van der Waals surface area contributed by atoms with Crippen molar-refractivity contribution >= 4 is 23.0 Å². The van der Waals surface area contributed by atoms with Crippen LogP contribution in [-0.4, -0.2) is 16.3 Å². The normalized spacial score (nSPS) is 11.4. The van der Waals surface area contributed by atoms with Crippen molar-refractivity contribution in [1.29, 1.82) is 0 Å². The largest absolute Gasteiger partial charge is 0.507 e. The molecule has 1 aromatic heterocycles. The molecule has 0 aliphatic carbocycles. The number of rotatable bonds is 3. The summed E-state index contributed by atoms with van der Waals surface area (Å²) in [5, 5.41) is 9.76. The molecule has 1 heterocycles. The molecule has 122 valence electrons. The van der Waals surface area contributed by atoms with Crippen molar-refractivity contribution in [1.82, 2.24) is 4.98 Å². The standard InChI is InChI=1S/C20H13FN2O2/c21-15-6-3-5-13(10-15)20-23-17-11-16(8-9-19(17)25-20)22-12-14-4-1-2-7-18(14)24/h1-12,24H. The molecular formula is C20H13FN2O2. The number of nitrogens with zero attached hydrogens (tertiary/aromatic N) is 2. The third-order valence-corrected chi connectivity index (χ3v) is 3.73. The van der Waals surface area contributed by atoms with Gasteiger partial charge in [0.05, 0.1) is 5.69 Å². The Bertz CT molecular complexity index is 1090. The van der Waals surface area contributed by atoms with E-state index in [1.165, 1.54) is 12.1 Å². The monoisotopic (exact) mass is 332 g/mol. The van der Waals surface area contributed by atoms with Gasteiger partial charge in [-0.15, -0.1) is 0 Å². The number of aromatic hydroxyl groups is 1. The number of hydrogen-bond acceptors (Lipinski definition) is 4. The van der Waals surface area contributed by atoms with E-state index in [0.29, 0.717) is 33.8 Å². The van der Waals surface area contributed by atoms with Crippen LogP contribution in [0.5, 0.6) is 5.75 Å². The lowest BCUT2D eigenvalue weighted by Gasteiger charge is -1.97. The molecule has 0 saturated heterocycles. The van der Waals surface area contributed by atoms with Gasteiger partial charge in [-0.2, -0.15) is 0 Å². The van der Waals surface area contributed by atoms with Gasteiger partial charge < -0.3 is 9.52 Å². The Balaban J connectivity index is 1.68. The smallest absolute Gasteiger partial charge is 0.227 e. The van der Waals surface area contributed by atoms with E-state index in [9.17, 15) is 9.50 Å². The maximum Gasteiger partial charge on any atom is 0.227 e. The number of para-hydroxylation sites is 1. The lowest BCUT2D eigenvalue weighted by Crippen LogP contribution is -1.81. The number of aromatic nitrogens is 1. The molecule has 0 bridgehead atoms. The highest BCUT2D eigenvalue weighted by molar-refractivity contribution is 5.87. The van der Waals surface area contributed by atoms with Crippen LogP contribution in [0, 0.1) is 5.82 Å². The summed E-state index contributed by atoms with van der Waals surface area (Å²) < 4.78 is 19.0. The Morgan fingerprint density at radius 2 is 1.88 bits per heavy atom. The van der Waals surface area contributed by atoms with E-state index < -0.39 is 0 Å². The van der Waals surface area contributed by atoms with Gasteiger partial charge in [0.15, 0.2) is 5.58 Å². The van der Waals surface area contributed by atoms with Gasteiger partial charge in [0.1, 0.15) is 17.1 Å². The van der Waals surface area contributed by atoms with Crippen molar-refractivity contribution in [2.45, 2.75) is 0 Å². The first-order valence-electron chi connectivity index (χ1n) is 7.68. The quantitative estimate of drug-likeness (QED) is 0.532. The molecule has 0 aliphatic rings. The lowest BCUT2D eigenvalue weighted by molar-refractivity contribution is 0.474. The van der Waals surface area contributed by atoms with Crippen LogP contribution in [-0.2, 0) is 0 Å². The van der Waals surface area contributed by atoms with Crippen LogP contribution >= 0.6 is 0 Å². The molecule has 5 heteroatoms. The topological polar surface area (TPSA) is 58.6 Å². The molecule has 4 rings (SSSR count). The molecule has 0 radical (unpaired) electrons. The highest BCUT2D eigenvalue weighted by atomic mass is 19.1. The summed E-state index contributed by atoms with van der Waals surface area (Å²) in [6, 6.07) is 18.4. The summed E-state index contributed by atoms with van der Waals surface area (Å²) in [5.74, 6) is 0.186. The second kappa shape index (κ2) is 6.20. The predicted molar refractivity (Wildman–Crippen MR) is 94.8 cm³/mol. The van der Waals surface area contributed by atoms with Gasteiger partial charge >= 0.3 is 0 Å². The van der Waals surface area contributed by atoms with E-state index in [1.54, 1.807) is 54.7 Å². The van der Waals surface area contributed by atoms with E-state index >= 15 is 0 Å². The van der Waals surface area contributed by atoms with Gasteiger partial charge in [0, 0.05) is 17.3 Å². The number of halogens is 1. The summed E-state index contributed by atoms with van der Waals surface area (Å²) in [4.78, 5) is 8.76. The maximum atomic E-state index is 13.4. The molecule has 4 nitrogen and oxygen atoms in total. The van der Waals surface area contributed by atoms with Gasteiger partial charge in [-0.3, -0.25) is 4.99 Å². The average molecular weight is 332 g/mol. The zero-order valence-electron chi connectivity index (χ0n) is 13.1. The minimum Gasteiger partial charge on any atom is -0.507 e. The van der Waals surface area contributed by atoms with Crippen LogP contribution in [0.4, 0.5) is 10.1 Å². The fraction of sp³-hybridized carbons (Fsp3) is 0. The van der Waals surface area contributed by atoms with Crippen molar-refractivity contribution in [3.05, 3.63) is 78.1 Å². The lowest BCUT2D eigenvalue weighted by atomic mass is 10.2. The second-order valence-corrected chi connectivity index (χ2v) is 5.50. The highest BCUT2D eigenvalue weighted by Gasteiger charge is 2.09. The zero-order chi connectivity index (χ0) is 17.2. The first-order valence-corrected chi connectivity index (χ1v) is 7.68. The molecule has 0 atom stereocenters. The molecular weight excluding hydrogens is 319 g/mol. The summed E-state index contributed by atoms with van der Waals surface area (Å²) >= 11 is 0. The second-order valence-electron chi connectivity index (χ2n) is 5.50. The number of phenols is 1. The van der Waals surface area contributed by atoms with Gasteiger partial charge in [-0.1, -0.05) is 18.2 Å². The van der Waals surface area contributed by atoms with Gasteiger partial charge in [-0.25, -0.2) is 9.37 Å². The summed E-state index contributed by atoms with van der Waals surface area (Å²) in [7, 11) is 0. The molecule has 1 N–H and O–H groups in total. The molecule has 0 saturated carbocycles. The Morgan fingerprint density at radius 1 is 1.00 bits per heavy atom. The molecule has 25 heavy (non-hydrogen) atoms. The summed E-state index contributed by atoms with van der Waals surface area (Å²) in [6.07, 6.45) is 1.59. The zero-order valence-corrected chi connectivity index (χ0v) is 13.1. The van der Waals surface area contributed by atoms with Crippen LogP contribution in [0.15, 0.2) is 76.1 Å². The minimum atomic E-state index is -0.340. The number of oxazole rings is 1. The first-order chi connectivity index (χ1) is 12.2. The first kappa shape index (κ1) is 15.1. The van der Waals surface area contributed by atoms with E-state index in [0.717, 1.165) is 0 Å². The molecule has 3 aromatic carbocycles. The number of benzene rings is 3. The predicted octanol–water partition coefficient (Wildman–Crippen LogP) is 5.09. The van der Waals surface area contributed by atoms with Gasteiger partial charge in [0.2, 0.25) is 5.89 Å². The van der Waals surface area contributed by atoms with Crippen molar-refractivity contribution in [3.8, 4) is 17.2 Å². The highest BCUT2D eigenvalue weighted by Crippen LogP contribution is 2.27. The van der Waals surface area contributed by atoms with Crippen molar-refractivity contribution in [2.75, 3.05) is 0 Å². The van der Waals surface area contributed by atoms with Crippen LogP contribution < -0.4 is 0 Å². The Hall–Kier alpha value is -3.47. The fourth-order valence-electron chi connectivity index (χ4n) is 2.48. The fourth-order valence-corrected chi connectivity index (χ4v) is 2.48. The molecule has 0 amide bonds. The maximum absolute atomic E-state index is 13.4. The number of aliphatic imine (C=N–C) groups is 1. The summed E-state index contributed by atoms with van der Waals surface area (Å²) in [6.45, 7) is 0. The van der Waals surface area contributed by atoms with Crippen molar-refractivity contribution in [3.63, 3.8) is 0 Å². The Labute approximate surface area is 142 Å². The van der Waals surface area contributed by atoms with E-state index in [4.69, 9.17) is 4.42 Å². The molecule has 0 aliphatic heterocycles. The Morgan fingerprint density at radius 3 is 2.72 bits per heavy atom. The summed E-state index contributed by atoms with van der Waals surface area (Å²) in [5.41, 5.74) is 3.11. The van der Waals surface area contributed by atoms with Crippen LogP contribution in [0.3, 0.4) is 0 Å². The third kappa shape index (κ3) is 3.12. The number of hydrogen-bond donors (Lipinski definition) is 1. The van der Waals surface area contributed by atoms with Crippen LogP contribution in [0.25, 0.3) is 22.6 Å².